The lowest BCUT2D eigenvalue weighted by atomic mass is 10.3. The van der Waals surface area contributed by atoms with Gasteiger partial charge < -0.3 is 10.2 Å². The Balaban J connectivity index is 2.78. The van der Waals surface area contributed by atoms with Gasteiger partial charge >= 0.3 is 0 Å². The molecule has 0 saturated carbocycles. The van der Waals surface area contributed by atoms with Crippen LogP contribution in [0.4, 0.5) is 11.8 Å². The summed E-state index contributed by atoms with van der Waals surface area (Å²) >= 11 is 0. The molecule has 0 bridgehead atoms. The first-order valence-corrected chi connectivity index (χ1v) is 5.81. The van der Waals surface area contributed by atoms with Crippen LogP contribution in [0, 0.1) is 6.92 Å². The van der Waals surface area contributed by atoms with Crippen LogP contribution in [0.5, 0.6) is 0 Å². The van der Waals surface area contributed by atoms with Gasteiger partial charge in [-0.05, 0) is 20.8 Å². The number of carbonyl (C=O) groups excluding carboxylic acids is 1. The van der Waals surface area contributed by atoms with Gasteiger partial charge in [-0.1, -0.05) is 0 Å². The number of anilines is 2. The van der Waals surface area contributed by atoms with E-state index in [4.69, 9.17) is 5.84 Å². The Labute approximate surface area is 107 Å². The maximum atomic E-state index is 11.9. The van der Waals surface area contributed by atoms with Gasteiger partial charge in [-0.25, -0.2) is 10.8 Å². The third-order valence-corrected chi connectivity index (χ3v) is 2.57. The molecule has 1 heterocycles. The van der Waals surface area contributed by atoms with E-state index in [2.05, 4.69) is 20.7 Å². The number of nitrogens with one attached hydrogen (secondary N) is 2. The fourth-order valence-corrected chi connectivity index (χ4v) is 1.48. The lowest BCUT2D eigenvalue weighted by Gasteiger charge is -2.21. The number of hydrogen-bond acceptors (Lipinski definition) is 6. The number of hydrogen-bond donors (Lipinski definition) is 3. The highest BCUT2D eigenvalue weighted by Gasteiger charge is 2.16. The van der Waals surface area contributed by atoms with Crippen LogP contribution in [0.3, 0.4) is 0 Å². The number of rotatable bonds is 5. The number of carbonyl (C=O) groups is 1. The smallest absolute Gasteiger partial charge is 0.244 e. The van der Waals surface area contributed by atoms with Crippen molar-refractivity contribution in [3.8, 4) is 0 Å². The molecule has 0 spiro atoms. The summed E-state index contributed by atoms with van der Waals surface area (Å²) in [7, 11) is 1.76. The average Bonchev–Trinajstić information content (AvgIpc) is 2.35. The van der Waals surface area contributed by atoms with Gasteiger partial charge in [-0.15, -0.1) is 0 Å². The highest BCUT2D eigenvalue weighted by molar-refractivity contribution is 5.83. The minimum atomic E-state index is -0.352. The number of nitrogens with two attached hydrogens (primary N) is 1. The molecule has 0 fully saturated rings. The number of aryl methyl sites for hydroxylation is 1. The summed E-state index contributed by atoms with van der Waals surface area (Å²) in [6.07, 6.45) is 0. The molecule has 0 aliphatic rings. The summed E-state index contributed by atoms with van der Waals surface area (Å²) < 4.78 is 0. The topological polar surface area (TPSA) is 96.2 Å². The molecule has 1 rings (SSSR count). The zero-order chi connectivity index (χ0) is 13.7. The van der Waals surface area contributed by atoms with Crippen LogP contribution in [0.1, 0.15) is 19.5 Å². The Morgan fingerprint density at radius 2 is 2.22 bits per heavy atom. The van der Waals surface area contributed by atoms with E-state index in [9.17, 15) is 4.79 Å². The fraction of sp³-hybridized carbons (Fsp3) is 0.545. The Morgan fingerprint density at radius 3 is 2.78 bits per heavy atom. The first-order chi connectivity index (χ1) is 8.47. The summed E-state index contributed by atoms with van der Waals surface area (Å²) in [6.45, 7) is 6.22. The molecular formula is C11H20N6O. The van der Waals surface area contributed by atoms with Crippen LogP contribution in [0.25, 0.3) is 0 Å². The van der Waals surface area contributed by atoms with Crippen molar-refractivity contribution in [2.75, 3.05) is 24.3 Å². The largest absolute Gasteiger partial charge is 0.358 e. The standard InChI is InChI=1S/C11H20N6O/c1-5-17(4)10(18)8(3)14-9-6-7(2)13-11(15-9)16-12/h6,8H,5,12H2,1-4H3,(H2,13,14,15,16). The Kier molecular flexibility index (Phi) is 4.85. The van der Waals surface area contributed by atoms with Crippen molar-refractivity contribution >= 4 is 17.7 Å². The molecule has 1 amide bonds. The molecule has 100 valence electrons. The molecule has 7 heteroatoms. The molecule has 1 aromatic heterocycles. The van der Waals surface area contributed by atoms with Crippen LogP contribution in [0.15, 0.2) is 6.07 Å². The van der Waals surface area contributed by atoms with Crippen molar-refractivity contribution in [1.82, 2.24) is 14.9 Å². The first-order valence-electron chi connectivity index (χ1n) is 5.81. The molecule has 4 N–H and O–H groups in total. The van der Waals surface area contributed by atoms with Gasteiger partial charge in [-0.2, -0.15) is 4.98 Å². The Morgan fingerprint density at radius 1 is 1.56 bits per heavy atom. The molecule has 1 unspecified atom stereocenters. The molecule has 0 aliphatic heterocycles. The van der Waals surface area contributed by atoms with Crippen molar-refractivity contribution in [1.29, 1.82) is 0 Å². The minimum absolute atomic E-state index is 0.0102. The molecule has 0 radical (unpaired) electrons. The number of amides is 1. The van der Waals surface area contributed by atoms with Crippen molar-refractivity contribution in [3.05, 3.63) is 11.8 Å². The lowest BCUT2D eigenvalue weighted by Crippen LogP contribution is -2.39. The van der Waals surface area contributed by atoms with Crippen molar-refractivity contribution in [2.24, 2.45) is 5.84 Å². The molecular weight excluding hydrogens is 232 g/mol. The second kappa shape index (κ2) is 6.15. The summed E-state index contributed by atoms with van der Waals surface area (Å²) in [5.74, 6) is 6.17. The molecule has 0 saturated heterocycles. The van der Waals surface area contributed by atoms with E-state index in [-0.39, 0.29) is 11.9 Å². The van der Waals surface area contributed by atoms with E-state index in [1.807, 2.05) is 13.8 Å². The maximum absolute atomic E-state index is 11.9. The predicted octanol–water partition coefficient (Wildman–Crippen LogP) is 0.349. The molecule has 1 atom stereocenters. The van der Waals surface area contributed by atoms with Gasteiger partial charge in [0.25, 0.3) is 0 Å². The van der Waals surface area contributed by atoms with Gasteiger partial charge in [0.05, 0.1) is 0 Å². The lowest BCUT2D eigenvalue weighted by molar-refractivity contribution is -0.130. The number of likely N-dealkylation sites (N-methyl/N-ethyl adjacent to an activating group) is 1. The SMILES string of the molecule is CCN(C)C(=O)C(C)Nc1cc(C)nc(NN)n1. The zero-order valence-electron chi connectivity index (χ0n) is 11.2. The van der Waals surface area contributed by atoms with E-state index in [1.54, 1.807) is 24.9 Å². The van der Waals surface area contributed by atoms with Crippen LogP contribution in [0.2, 0.25) is 0 Å². The summed E-state index contributed by atoms with van der Waals surface area (Å²) in [6, 6.07) is 1.41. The number of nitrogen functional groups attached to an aromatic ring is 1. The van der Waals surface area contributed by atoms with E-state index < -0.39 is 0 Å². The van der Waals surface area contributed by atoms with Crippen LogP contribution in [-0.2, 0) is 4.79 Å². The Hall–Kier alpha value is -1.89. The minimum Gasteiger partial charge on any atom is -0.358 e. The van der Waals surface area contributed by atoms with E-state index in [0.29, 0.717) is 18.3 Å². The van der Waals surface area contributed by atoms with Crippen LogP contribution >= 0.6 is 0 Å². The van der Waals surface area contributed by atoms with Crippen molar-refractivity contribution in [2.45, 2.75) is 26.8 Å². The normalized spacial score (nSPS) is 11.8. The van der Waals surface area contributed by atoms with E-state index >= 15 is 0 Å². The Bertz CT molecular complexity index is 422. The second-order valence-electron chi connectivity index (χ2n) is 4.08. The van der Waals surface area contributed by atoms with E-state index in [0.717, 1.165) is 5.69 Å². The molecule has 1 aromatic rings. The van der Waals surface area contributed by atoms with Crippen molar-refractivity contribution < 1.29 is 4.79 Å². The van der Waals surface area contributed by atoms with E-state index in [1.165, 1.54) is 0 Å². The quantitative estimate of drug-likeness (QED) is 0.517. The summed E-state index contributed by atoms with van der Waals surface area (Å²) in [5.41, 5.74) is 3.15. The highest BCUT2D eigenvalue weighted by atomic mass is 16.2. The first kappa shape index (κ1) is 14.2. The van der Waals surface area contributed by atoms with Gasteiger partial charge in [0.1, 0.15) is 11.9 Å². The number of aromatic nitrogens is 2. The summed E-state index contributed by atoms with van der Waals surface area (Å²) in [4.78, 5) is 21.7. The van der Waals surface area contributed by atoms with Crippen molar-refractivity contribution in [3.63, 3.8) is 0 Å². The highest BCUT2D eigenvalue weighted by Crippen LogP contribution is 2.10. The number of nitrogens with zero attached hydrogens (tertiary/aromatic N) is 3. The fourth-order valence-electron chi connectivity index (χ4n) is 1.48. The maximum Gasteiger partial charge on any atom is 0.244 e. The van der Waals surface area contributed by atoms with Crippen LogP contribution in [-0.4, -0.2) is 40.4 Å². The predicted molar refractivity (Wildman–Crippen MR) is 71.0 cm³/mol. The van der Waals surface area contributed by atoms with Gasteiger partial charge in [0.2, 0.25) is 11.9 Å². The van der Waals surface area contributed by atoms with Gasteiger partial charge in [-0.3, -0.25) is 10.2 Å². The third-order valence-electron chi connectivity index (χ3n) is 2.57. The molecule has 7 nitrogen and oxygen atoms in total. The second-order valence-corrected chi connectivity index (χ2v) is 4.08. The number of hydrazine groups is 1. The monoisotopic (exact) mass is 252 g/mol. The average molecular weight is 252 g/mol. The molecule has 18 heavy (non-hydrogen) atoms. The van der Waals surface area contributed by atoms with Crippen LogP contribution < -0.4 is 16.6 Å². The summed E-state index contributed by atoms with van der Waals surface area (Å²) in [5, 5.41) is 3.03. The third kappa shape index (κ3) is 3.56. The molecule has 0 aromatic carbocycles. The van der Waals surface area contributed by atoms with Gasteiger partial charge in [0, 0.05) is 25.4 Å². The zero-order valence-corrected chi connectivity index (χ0v) is 11.2. The van der Waals surface area contributed by atoms with Gasteiger partial charge in [0.15, 0.2) is 0 Å². The molecule has 0 aliphatic carbocycles.